The molecule has 0 atom stereocenters. The van der Waals surface area contributed by atoms with Crippen LogP contribution in [-0.2, 0) is 0 Å². The molecule has 2 N–H and O–H groups in total. The van der Waals surface area contributed by atoms with Gasteiger partial charge in [0.1, 0.15) is 11.4 Å². The Bertz CT molecular complexity index is 692. The van der Waals surface area contributed by atoms with Crippen molar-refractivity contribution < 1.29 is 9.90 Å². The molecule has 2 rings (SSSR count). The maximum atomic E-state index is 11.2. The van der Waals surface area contributed by atoms with E-state index in [2.05, 4.69) is 42.2 Å². The maximum Gasteiger partial charge on any atom is 0.339 e. The van der Waals surface area contributed by atoms with Gasteiger partial charge < -0.3 is 10.4 Å². The SMILES string of the molecule is Cc1cc(Br)c(Nc2ncc(Br)cc2C(=O)O)cc1Cl. The highest BCUT2D eigenvalue weighted by Gasteiger charge is 2.14. The first-order valence-electron chi connectivity index (χ1n) is 5.50. The van der Waals surface area contributed by atoms with Crippen LogP contribution in [0, 0.1) is 6.92 Å². The molecule has 0 unspecified atom stereocenters. The van der Waals surface area contributed by atoms with Gasteiger partial charge in [0.15, 0.2) is 0 Å². The molecule has 0 aliphatic carbocycles. The van der Waals surface area contributed by atoms with E-state index in [1.807, 2.05) is 13.0 Å². The van der Waals surface area contributed by atoms with Gasteiger partial charge in [0.25, 0.3) is 0 Å². The molecule has 0 aliphatic heterocycles. The van der Waals surface area contributed by atoms with Crippen LogP contribution in [0.4, 0.5) is 11.5 Å². The Labute approximate surface area is 137 Å². The lowest BCUT2D eigenvalue weighted by Gasteiger charge is -2.12. The van der Waals surface area contributed by atoms with Crippen molar-refractivity contribution in [1.82, 2.24) is 4.98 Å². The second-order valence-electron chi connectivity index (χ2n) is 4.06. The molecule has 4 nitrogen and oxygen atoms in total. The van der Waals surface area contributed by atoms with E-state index >= 15 is 0 Å². The molecular formula is C13H9Br2ClN2O2. The minimum Gasteiger partial charge on any atom is -0.478 e. The molecule has 0 aliphatic rings. The maximum absolute atomic E-state index is 11.2. The van der Waals surface area contributed by atoms with Crippen molar-refractivity contribution in [3.8, 4) is 0 Å². The predicted molar refractivity (Wildman–Crippen MR) is 86.1 cm³/mol. The summed E-state index contributed by atoms with van der Waals surface area (Å²) in [4.78, 5) is 15.3. The van der Waals surface area contributed by atoms with Gasteiger partial charge in [0.05, 0.1) is 5.69 Å². The Morgan fingerprint density at radius 3 is 2.70 bits per heavy atom. The summed E-state index contributed by atoms with van der Waals surface area (Å²) in [6.07, 6.45) is 1.53. The van der Waals surface area contributed by atoms with Gasteiger partial charge >= 0.3 is 5.97 Å². The molecule has 0 fully saturated rings. The molecule has 0 radical (unpaired) electrons. The summed E-state index contributed by atoms with van der Waals surface area (Å²) in [7, 11) is 0. The molecule has 0 spiro atoms. The number of hydrogen-bond donors (Lipinski definition) is 2. The minimum absolute atomic E-state index is 0.0722. The molecule has 104 valence electrons. The summed E-state index contributed by atoms with van der Waals surface area (Å²) in [5.41, 5.74) is 1.65. The third kappa shape index (κ3) is 3.31. The number of hydrogen-bond acceptors (Lipinski definition) is 3. The largest absolute Gasteiger partial charge is 0.478 e. The van der Waals surface area contributed by atoms with E-state index in [1.165, 1.54) is 12.3 Å². The van der Waals surface area contributed by atoms with Crippen LogP contribution in [0.5, 0.6) is 0 Å². The summed E-state index contributed by atoms with van der Waals surface area (Å²) < 4.78 is 1.38. The standard InChI is InChI=1S/C13H9Br2ClN2O2/c1-6-2-9(15)11(4-10(6)16)18-12-8(13(19)20)3-7(14)5-17-12/h2-5H,1H3,(H,17,18)(H,19,20). The van der Waals surface area contributed by atoms with Gasteiger partial charge in [-0.25, -0.2) is 9.78 Å². The molecule has 0 bridgehead atoms. The van der Waals surface area contributed by atoms with Crippen LogP contribution in [0.1, 0.15) is 15.9 Å². The summed E-state index contributed by atoms with van der Waals surface area (Å²) in [5.74, 6) is -0.808. The number of aromatic nitrogens is 1. The summed E-state index contributed by atoms with van der Waals surface area (Å²) in [6.45, 7) is 1.89. The molecule has 2 aromatic rings. The number of pyridine rings is 1. The zero-order valence-electron chi connectivity index (χ0n) is 10.2. The normalized spacial score (nSPS) is 10.4. The van der Waals surface area contributed by atoms with E-state index in [-0.39, 0.29) is 11.4 Å². The fourth-order valence-electron chi connectivity index (χ4n) is 1.57. The molecule has 7 heteroatoms. The third-order valence-electron chi connectivity index (χ3n) is 2.59. The highest BCUT2D eigenvalue weighted by Crippen LogP contribution is 2.32. The van der Waals surface area contributed by atoms with Crippen molar-refractivity contribution in [3.05, 3.63) is 49.5 Å². The Balaban J connectivity index is 2.45. The van der Waals surface area contributed by atoms with E-state index in [9.17, 15) is 9.90 Å². The summed E-state index contributed by atoms with van der Waals surface area (Å²) in [6, 6.07) is 5.06. The van der Waals surface area contributed by atoms with Crippen molar-refractivity contribution in [2.24, 2.45) is 0 Å². The molecule has 0 saturated carbocycles. The van der Waals surface area contributed by atoms with E-state index in [0.717, 1.165) is 10.0 Å². The van der Waals surface area contributed by atoms with Crippen molar-refractivity contribution in [2.75, 3.05) is 5.32 Å². The van der Waals surface area contributed by atoms with E-state index < -0.39 is 5.97 Å². The van der Waals surface area contributed by atoms with Crippen LogP contribution >= 0.6 is 43.5 Å². The number of anilines is 2. The second-order valence-corrected chi connectivity index (χ2v) is 6.24. The van der Waals surface area contributed by atoms with Crippen molar-refractivity contribution in [2.45, 2.75) is 6.92 Å². The lowest BCUT2D eigenvalue weighted by Crippen LogP contribution is -2.05. The summed E-state index contributed by atoms with van der Waals surface area (Å²) in [5, 5.41) is 12.8. The van der Waals surface area contributed by atoms with E-state index in [0.29, 0.717) is 15.2 Å². The lowest BCUT2D eigenvalue weighted by atomic mass is 10.2. The van der Waals surface area contributed by atoms with Crippen LogP contribution in [0.15, 0.2) is 33.3 Å². The first kappa shape index (κ1) is 15.3. The van der Waals surface area contributed by atoms with E-state index in [1.54, 1.807) is 6.07 Å². The number of halogens is 3. The Morgan fingerprint density at radius 1 is 1.35 bits per heavy atom. The number of aromatic carboxylic acids is 1. The number of aryl methyl sites for hydroxylation is 1. The zero-order chi connectivity index (χ0) is 14.9. The van der Waals surface area contributed by atoms with Gasteiger partial charge in [-0.15, -0.1) is 0 Å². The number of nitrogens with zero attached hydrogens (tertiary/aromatic N) is 1. The molecule has 0 saturated heterocycles. The number of benzene rings is 1. The average Bonchev–Trinajstić information content (AvgIpc) is 2.37. The molecular weight excluding hydrogens is 411 g/mol. The quantitative estimate of drug-likeness (QED) is 0.733. The summed E-state index contributed by atoms with van der Waals surface area (Å²) >= 11 is 12.7. The lowest BCUT2D eigenvalue weighted by molar-refractivity contribution is 0.0697. The topological polar surface area (TPSA) is 62.2 Å². The van der Waals surface area contributed by atoms with Gasteiger partial charge in [0.2, 0.25) is 0 Å². The van der Waals surface area contributed by atoms with Crippen LogP contribution in [0.3, 0.4) is 0 Å². The molecule has 1 aromatic heterocycles. The third-order valence-corrected chi connectivity index (χ3v) is 4.08. The highest BCUT2D eigenvalue weighted by molar-refractivity contribution is 9.10. The average molecular weight is 420 g/mol. The predicted octanol–water partition coefficient (Wildman–Crippen LogP) is 5.01. The zero-order valence-corrected chi connectivity index (χ0v) is 14.2. The molecule has 20 heavy (non-hydrogen) atoms. The molecule has 1 aromatic carbocycles. The van der Waals surface area contributed by atoms with Crippen molar-refractivity contribution >= 4 is 60.9 Å². The molecule has 0 amide bonds. The number of carboxylic acids is 1. The van der Waals surface area contributed by atoms with Gasteiger partial charge in [0, 0.05) is 20.2 Å². The number of rotatable bonds is 3. The van der Waals surface area contributed by atoms with Crippen molar-refractivity contribution in [1.29, 1.82) is 0 Å². The first-order chi connectivity index (χ1) is 9.38. The van der Waals surface area contributed by atoms with Crippen LogP contribution in [-0.4, -0.2) is 16.1 Å². The second kappa shape index (κ2) is 6.11. The van der Waals surface area contributed by atoms with Crippen molar-refractivity contribution in [3.63, 3.8) is 0 Å². The van der Waals surface area contributed by atoms with E-state index in [4.69, 9.17) is 11.6 Å². The Kier molecular flexibility index (Phi) is 4.67. The monoisotopic (exact) mass is 418 g/mol. The minimum atomic E-state index is -1.06. The van der Waals surface area contributed by atoms with Gasteiger partial charge in [-0.05, 0) is 62.5 Å². The Morgan fingerprint density at radius 2 is 2.05 bits per heavy atom. The van der Waals surface area contributed by atoms with Crippen LogP contribution in [0.25, 0.3) is 0 Å². The van der Waals surface area contributed by atoms with Crippen LogP contribution in [0.2, 0.25) is 5.02 Å². The fraction of sp³-hybridized carbons (Fsp3) is 0.0769. The van der Waals surface area contributed by atoms with Crippen LogP contribution < -0.4 is 5.32 Å². The fourth-order valence-corrected chi connectivity index (χ4v) is 2.62. The number of carbonyl (C=O) groups is 1. The molecule has 1 heterocycles. The first-order valence-corrected chi connectivity index (χ1v) is 7.46. The highest BCUT2D eigenvalue weighted by atomic mass is 79.9. The number of carboxylic acid groups (broad SMARTS) is 1. The Hall–Kier alpha value is -1.11. The van der Waals surface area contributed by atoms with Gasteiger partial charge in [-0.2, -0.15) is 0 Å². The number of nitrogens with one attached hydrogen (secondary N) is 1. The smallest absolute Gasteiger partial charge is 0.339 e. The van der Waals surface area contributed by atoms with Gasteiger partial charge in [-0.1, -0.05) is 11.6 Å². The van der Waals surface area contributed by atoms with Gasteiger partial charge in [-0.3, -0.25) is 0 Å².